The smallest absolute Gasteiger partial charge is 0.255 e. The fourth-order valence-electron chi connectivity index (χ4n) is 2.12. The molecule has 0 radical (unpaired) electrons. The number of carbonyl (C=O) groups is 1. The predicted molar refractivity (Wildman–Crippen MR) is 94.7 cm³/mol. The van der Waals surface area contributed by atoms with Gasteiger partial charge in [0.25, 0.3) is 5.91 Å². The van der Waals surface area contributed by atoms with E-state index in [1.54, 1.807) is 44.6 Å². The minimum atomic E-state index is -0.288. The molecule has 0 aromatic heterocycles. The molecule has 2 aromatic carbocycles. The lowest BCUT2D eigenvalue weighted by molar-refractivity contribution is 0.102. The second-order valence-electron chi connectivity index (χ2n) is 4.71. The number of hydrogen-bond acceptors (Lipinski definition) is 5. The molecular formula is C17H18BrNO5. The van der Waals surface area contributed by atoms with Crippen molar-refractivity contribution in [3.8, 4) is 23.0 Å². The number of amides is 1. The van der Waals surface area contributed by atoms with Gasteiger partial charge in [-0.05, 0) is 34.1 Å². The van der Waals surface area contributed by atoms with Crippen molar-refractivity contribution >= 4 is 27.5 Å². The second-order valence-corrected chi connectivity index (χ2v) is 5.57. The van der Waals surface area contributed by atoms with Crippen LogP contribution in [0.3, 0.4) is 0 Å². The largest absolute Gasteiger partial charge is 0.493 e. The Morgan fingerprint density at radius 3 is 1.96 bits per heavy atom. The molecule has 0 atom stereocenters. The van der Waals surface area contributed by atoms with Crippen molar-refractivity contribution in [1.29, 1.82) is 0 Å². The molecule has 2 rings (SSSR count). The maximum absolute atomic E-state index is 12.5. The van der Waals surface area contributed by atoms with E-state index in [0.29, 0.717) is 38.7 Å². The zero-order chi connectivity index (χ0) is 17.7. The van der Waals surface area contributed by atoms with Crippen LogP contribution in [0.5, 0.6) is 23.0 Å². The van der Waals surface area contributed by atoms with Crippen molar-refractivity contribution in [3.63, 3.8) is 0 Å². The van der Waals surface area contributed by atoms with Gasteiger partial charge in [0.1, 0.15) is 0 Å². The van der Waals surface area contributed by atoms with Crippen LogP contribution < -0.4 is 24.3 Å². The van der Waals surface area contributed by atoms with Crippen LogP contribution >= 0.6 is 15.9 Å². The molecule has 0 saturated heterocycles. The fourth-order valence-corrected chi connectivity index (χ4v) is 2.54. The Labute approximate surface area is 148 Å². The van der Waals surface area contributed by atoms with Crippen LogP contribution in [0, 0.1) is 0 Å². The van der Waals surface area contributed by atoms with Gasteiger partial charge in [0, 0.05) is 22.2 Å². The molecule has 0 aliphatic heterocycles. The van der Waals surface area contributed by atoms with Crippen molar-refractivity contribution in [2.24, 2.45) is 0 Å². The van der Waals surface area contributed by atoms with Gasteiger partial charge < -0.3 is 24.3 Å². The van der Waals surface area contributed by atoms with E-state index in [1.165, 1.54) is 14.2 Å². The summed E-state index contributed by atoms with van der Waals surface area (Å²) in [6, 6.07) is 8.36. The normalized spacial score (nSPS) is 10.0. The van der Waals surface area contributed by atoms with Gasteiger partial charge in [-0.3, -0.25) is 4.79 Å². The topological polar surface area (TPSA) is 66.0 Å². The lowest BCUT2D eigenvalue weighted by atomic mass is 10.1. The van der Waals surface area contributed by atoms with E-state index in [9.17, 15) is 4.79 Å². The number of benzene rings is 2. The van der Waals surface area contributed by atoms with Crippen molar-refractivity contribution in [2.75, 3.05) is 33.8 Å². The third kappa shape index (κ3) is 3.73. The Balaban J connectivity index is 2.30. The lowest BCUT2D eigenvalue weighted by Crippen LogP contribution is -2.12. The van der Waals surface area contributed by atoms with Crippen LogP contribution in [0.4, 0.5) is 5.69 Å². The number of nitrogens with one attached hydrogen (secondary N) is 1. The van der Waals surface area contributed by atoms with Gasteiger partial charge in [-0.2, -0.15) is 0 Å². The van der Waals surface area contributed by atoms with Crippen LogP contribution in [-0.4, -0.2) is 34.3 Å². The highest BCUT2D eigenvalue weighted by Crippen LogP contribution is 2.36. The molecule has 1 amide bonds. The molecule has 6 nitrogen and oxygen atoms in total. The average molecular weight is 396 g/mol. The lowest BCUT2D eigenvalue weighted by Gasteiger charge is -2.13. The summed E-state index contributed by atoms with van der Waals surface area (Å²) in [6.07, 6.45) is 0. The molecule has 2 aromatic rings. The molecule has 0 aliphatic rings. The minimum Gasteiger partial charge on any atom is -0.493 e. The second kappa shape index (κ2) is 7.92. The molecular weight excluding hydrogens is 378 g/mol. The van der Waals surface area contributed by atoms with Crippen LogP contribution in [0.25, 0.3) is 0 Å². The molecule has 0 bridgehead atoms. The zero-order valence-electron chi connectivity index (χ0n) is 13.8. The first-order valence-electron chi connectivity index (χ1n) is 6.99. The third-order valence-corrected chi connectivity index (χ3v) is 4.02. The summed E-state index contributed by atoms with van der Waals surface area (Å²) in [5.41, 5.74) is 1.00. The summed E-state index contributed by atoms with van der Waals surface area (Å²) < 4.78 is 21.5. The predicted octanol–water partition coefficient (Wildman–Crippen LogP) is 3.74. The first-order chi connectivity index (χ1) is 11.5. The van der Waals surface area contributed by atoms with Gasteiger partial charge >= 0.3 is 0 Å². The van der Waals surface area contributed by atoms with Crippen LogP contribution in [-0.2, 0) is 0 Å². The van der Waals surface area contributed by atoms with E-state index in [2.05, 4.69) is 21.2 Å². The monoisotopic (exact) mass is 395 g/mol. The van der Waals surface area contributed by atoms with Gasteiger partial charge in [-0.25, -0.2) is 0 Å². The molecule has 0 unspecified atom stereocenters. The zero-order valence-corrected chi connectivity index (χ0v) is 15.4. The summed E-state index contributed by atoms with van der Waals surface area (Å²) in [7, 11) is 6.14. The quantitative estimate of drug-likeness (QED) is 0.806. The summed E-state index contributed by atoms with van der Waals surface area (Å²) in [4.78, 5) is 12.5. The summed E-state index contributed by atoms with van der Waals surface area (Å²) in [5, 5.41) is 2.82. The number of ether oxygens (including phenoxy) is 4. The Kier molecular flexibility index (Phi) is 5.92. The number of anilines is 1. The SMILES string of the molecule is COc1ccc(C(=O)Nc2cc(OC)c(OC)cc2Br)cc1OC. The number of hydrogen-bond donors (Lipinski definition) is 1. The van der Waals surface area contributed by atoms with E-state index in [1.807, 2.05) is 0 Å². The van der Waals surface area contributed by atoms with E-state index in [-0.39, 0.29) is 5.91 Å². The Morgan fingerprint density at radius 1 is 0.833 bits per heavy atom. The maximum Gasteiger partial charge on any atom is 0.255 e. The highest BCUT2D eigenvalue weighted by molar-refractivity contribution is 9.10. The summed E-state index contributed by atoms with van der Waals surface area (Å²) in [5.74, 6) is 1.83. The Morgan fingerprint density at radius 2 is 1.38 bits per heavy atom. The van der Waals surface area contributed by atoms with E-state index in [4.69, 9.17) is 18.9 Å². The van der Waals surface area contributed by atoms with Crippen molar-refractivity contribution in [2.45, 2.75) is 0 Å². The first kappa shape index (κ1) is 17.9. The van der Waals surface area contributed by atoms with Crippen molar-refractivity contribution in [1.82, 2.24) is 0 Å². The maximum atomic E-state index is 12.5. The Hall–Kier alpha value is -2.41. The van der Waals surface area contributed by atoms with Gasteiger partial charge in [-0.15, -0.1) is 0 Å². The van der Waals surface area contributed by atoms with Crippen LogP contribution in [0.2, 0.25) is 0 Å². The highest BCUT2D eigenvalue weighted by Gasteiger charge is 2.15. The van der Waals surface area contributed by atoms with Gasteiger partial charge in [0.15, 0.2) is 23.0 Å². The van der Waals surface area contributed by atoms with Crippen molar-refractivity contribution < 1.29 is 23.7 Å². The number of carbonyl (C=O) groups excluding carboxylic acids is 1. The van der Waals surface area contributed by atoms with Gasteiger partial charge in [-0.1, -0.05) is 0 Å². The van der Waals surface area contributed by atoms with Crippen molar-refractivity contribution in [3.05, 3.63) is 40.4 Å². The summed E-state index contributed by atoms with van der Waals surface area (Å²) >= 11 is 3.41. The molecule has 1 N–H and O–H groups in total. The van der Waals surface area contributed by atoms with Gasteiger partial charge in [0.2, 0.25) is 0 Å². The molecule has 128 valence electrons. The molecule has 0 fully saturated rings. The number of rotatable bonds is 6. The molecule has 24 heavy (non-hydrogen) atoms. The molecule has 0 saturated carbocycles. The molecule has 0 heterocycles. The summed E-state index contributed by atoms with van der Waals surface area (Å²) in [6.45, 7) is 0. The first-order valence-corrected chi connectivity index (χ1v) is 7.78. The third-order valence-electron chi connectivity index (χ3n) is 3.37. The molecule has 7 heteroatoms. The fraction of sp³-hybridized carbons (Fsp3) is 0.235. The molecule has 0 aliphatic carbocycles. The highest BCUT2D eigenvalue weighted by atomic mass is 79.9. The van der Waals surface area contributed by atoms with E-state index < -0.39 is 0 Å². The van der Waals surface area contributed by atoms with Crippen LogP contribution in [0.1, 0.15) is 10.4 Å². The molecule has 0 spiro atoms. The standard InChI is InChI=1S/C17H18BrNO5/c1-21-13-6-5-10(7-14(13)22-2)17(20)19-12-9-16(24-4)15(23-3)8-11(12)18/h5-9H,1-4H3,(H,19,20). The number of methoxy groups -OCH3 is 4. The van der Waals surface area contributed by atoms with E-state index >= 15 is 0 Å². The van der Waals surface area contributed by atoms with Gasteiger partial charge in [0.05, 0.1) is 34.1 Å². The van der Waals surface area contributed by atoms with E-state index in [0.717, 1.165) is 0 Å². The minimum absolute atomic E-state index is 0.288. The Bertz CT molecular complexity index is 748. The average Bonchev–Trinajstić information content (AvgIpc) is 2.62. The number of halogens is 1. The van der Waals surface area contributed by atoms with Crippen LogP contribution in [0.15, 0.2) is 34.8 Å².